The number of aliphatic hydroxyl groups is 1. The lowest BCUT2D eigenvalue weighted by atomic mass is 10.0. The Hall–Kier alpha value is -0.320. The summed E-state index contributed by atoms with van der Waals surface area (Å²) in [6.07, 6.45) is 0.911. The normalized spacial score (nSPS) is 14.6. The Labute approximate surface area is 131 Å². The molecule has 0 amide bonds. The third-order valence-electron chi connectivity index (χ3n) is 3.59. The molecule has 0 saturated heterocycles. The highest BCUT2D eigenvalue weighted by Gasteiger charge is 2.17. The molecule has 0 heterocycles. The van der Waals surface area contributed by atoms with E-state index in [1.165, 1.54) is 0 Å². The summed E-state index contributed by atoms with van der Waals surface area (Å²) in [7, 11) is 2.02. The Morgan fingerprint density at radius 3 is 2.65 bits per heavy atom. The predicted molar refractivity (Wildman–Crippen MR) is 86.7 cm³/mol. The molecule has 5 heteroatoms. The summed E-state index contributed by atoms with van der Waals surface area (Å²) in [5.41, 5.74) is 1.03. The van der Waals surface area contributed by atoms with E-state index >= 15 is 0 Å². The number of halogens is 2. The average molecular weight is 319 g/mol. The van der Waals surface area contributed by atoms with Gasteiger partial charge in [0.25, 0.3) is 0 Å². The molecule has 0 aliphatic rings. The lowest BCUT2D eigenvalue weighted by Crippen LogP contribution is -2.35. The second-order valence-corrected chi connectivity index (χ2v) is 5.84. The monoisotopic (exact) mass is 318 g/mol. The van der Waals surface area contributed by atoms with Crippen molar-refractivity contribution >= 4 is 23.2 Å². The van der Waals surface area contributed by atoms with E-state index in [1.807, 2.05) is 26.1 Å². The van der Waals surface area contributed by atoms with Gasteiger partial charge in [0.1, 0.15) is 0 Å². The minimum Gasteiger partial charge on any atom is -0.395 e. The highest BCUT2D eigenvalue weighted by atomic mass is 35.5. The molecule has 0 radical (unpaired) electrons. The van der Waals surface area contributed by atoms with Gasteiger partial charge >= 0.3 is 0 Å². The zero-order chi connectivity index (χ0) is 15.1. The number of nitrogens with zero attached hydrogens (tertiary/aromatic N) is 1. The first-order chi connectivity index (χ1) is 9.51. The summed E-state index contributed by atoms with van der Waals surface area (Å²) >= 11 is 12.4. The minimum atomic E-state index is 0.159. The largest absolute Gasteiger partial charge is 0.395 e. The van der Waals surface area contributed by atoms with Crippen LogP contribution in [0.2, 0.25) is 10.0 Å². The molecule has 2 N–H and O–H groups in total. The summed E-state index contributed by atoms with van der Waals surface area (Å²) in [6.45, 7) is 6.00. The number of benzene rings is 1. The van der Waals surface area contributed by atoms with Crippen LogP contribution >= 0.6 is 23.2 Å². The van der Waals surface area contributed by atoms with Gasteiger partial charge in [-0.2, -0.15) is 0 Å². The van der Waals surface area contributed by atoms with Gasteiger partial charge in [-0.1, -0.05) is 42.3 Å². The molecule has 0 bridgehead atoms. The Bertz CT molecular complexity index is 415. The van der Waals surface area contributed by atoms with E-state index in [-0.39, 0.29) is 18.7 Å². The lowest BCUT2D eigenvalue weighted by Gasteiger charge is -2.26. The van der Waals surface area contributed by atoms with Crippen LogP contribution in [0.25, 0.3) is 0 Å². The van der Waals surface area contributed by atoms with E-state index in [9.17, 15) is 5.11 Å². The number of rotatable bonds is 8. The van der Waals surface area contributed by atoms with Gasteiger partial charge in [-0.05, 0) is 38.6 Å². The molecule has 2 unspecified atom stereocenters. The van der Waals surface area contributed by atoms with Gasteiger partial charge in [-0.15, -0.1) is 0 Å². The highest BCUT2D eigenvalue weighted by Crippen LogP contribution is 2.31. The van der Waals surface area contributed by atoms with Crippen LogP contribution in [0.5, 0.6) is 0 Å². The Morgan fingerprint density at radius 2 is 2.05 bits per heavy atom. The molecular weight excluding hydrogens is 295 g/mol. The van der Waals surface area contributed by atoms with Crippen molar-refractivity contribution in [2.75, 3.05) is 26.7 Å². The number of hydrogen-bond acceptors (Lipinski definition) is 3. The topological polar surface area (TPSA) is 35.5 Å². The molecule has 0 aromatic heterocycles. The van der Waals surface area contributed by atoms with Gasteiger partial charge in [0.05, 0.1) is 16.7 Å². The molecule has 114 valence electrons. The van der Waals surface area contributed by atoms with E-state index in [0.717, 1.165) is 25.1 Å². The molecule has 1 aromatic carbocycles. The molecule has 1 aromatic rings. The second kappa shape index (κ2) is 8.85. The number of nitrogens with one attached hydrogen (secondary N) is 1. The van der Waals surface area contributed by atoms with Gasteiger partial charge in [0, 0.05) is 18.6 Å². The molecule has 0 spiro atoms. The van der Waals surface area contributed by atoms with Crippen LogP contribution in [0, 0.1) is 0 Å². The molecule has 20 heavy (non-hydrogen) atoms. The van der Waals surface area contributed by atoms with Crippen molar-refractivity contribution in [2.24, 2.45) is 0 Å². The predicted octanol–water partition coefficient (Wildman–Crippen LogP) is 3.35. The van der Waals surface area contributed by atoms with E-state index < -0.39 is 0 Å². The zero-order valence-corrected chi connectivity index (χ0v) is 13.9. The molecular formula is C15H24Cl2N2O. The van der Waals surface area contributed by atoms with Crippen LogP contribution in [0.15, 0.2) is 18.2 Å². The molecule has 2 atom stereocenters. The minimum absolute atomic E-state index is 0.159. The van der Waals surface area contributed by atoms with E-state index in [0.29, 0.717) is 10.0 Å². The van der Waals surface area contributed by atoms with Crippen LogP contribution in [0.3, 0.4) is 0 Å². The van der Waals surface area contributed by atoms with Crippen molar-refractivity contribution in [3.63, 3.8) is 0 Å². The maximum Gasteiger partial charge on any atom is 0.0640 e. The van der Waals surface area contributed by atoms with Crippen molar-refractivity contribution in [1.29, 1.82) is 0 Å². The van der Waals surface area contributed by atoms with E-state index in [2.05, 4.69) is 17.1 Å². The quantitative estimate of drug-likeness (QED) is 0.771. The van der Waals surface area contributed by atoms with Gasteiger partial charge in [-0.3, -0.25) is 0 Å². The average Bonchev–Trinajstić information content (AvgIpc) is 2.45. The van der Waals surface area contributed by atoms with E-state index in [4.69, 9.17) is 23.2 Å². The Balaban J connectivity index is 2.76. The van der Waals surface area contributed by atoms with Crippen molar-refractivity contribution < 1.29 is 5.11 Å². The fourth-order valence-electron chi connectivity index (χ4n) is 2.10. The van der Waals surface area contributed by atoms with Crippen LogP contribution in [-0.2, 0) is 0 Å². The first-order valence-electron chi connectivity index (χ1n) is 6.99. The van der Waals surface area contributed by atoms with Crippen LogP contribution < -0.4 is 5.32 Å². The molecule has 1 rings (SSSR count). The molecule has 0 fully saturated rings. The lowest BCUT2D eigenvalue weighted by molar-refractivity contribution is 0.154. The van der Waals surface area contributed by atoms with Crippen LogP contribution in [0.1, 0.15) is 31.9 Å². The second-order valence-electron chi connectivity index (χ2n) is 5.05. The summed E-state index contributed by atoms with van der Waals surface area (Å²) < 4.78 is 0. The Kier molecular flexibility index (Phi) is 7.85. The Morgan fingerprint density at radius 1 is 1.35 bits per heavy atom. The summed E-state index contributed by atoms with van der Waals surface area (Å²) in [6, 6.07) is 6.06. The summed E-state index contributed by atoms with van der Waals surface area (Å²) in [5.74, 6) is 0. The molecule has 0 aliphatic heterocycles. The maximum absolute atomic E-state index is 9.18. The van der Waals surface area contributed by atoms with Crippen molar-refractivity contribution in [1.82, 2.24) is 10.2 Å². The standard InChI is InChI=1S/C15H24Cl2N2O/c1-4-18-14(8-9-19(3)11(2)10-20)12-6-5-7-13(16)15(12)17/h5-7,11,14,18,20H,4,8-10H2,1-3H3. The smallest absolute Gasteiger partial charge is 0.0640 e. The third-order valence-corrected chi connectivity index (χ3v) is 4.43. The molecule has 0 aliphatic carbocycles. The highest BCUT2D eigenvalue weighted by molar-refractivity contribution is 6.42. The van der Waals surface area contributed by atoms with Gasteiger partial charge < -0.3 is 15.3 Å². The molecule has 0 saturated carbocycles. The van der Waals surface area contributed by atoms with Crippen molar-refractivity contribution in [3.8, 4) is 0 Å². The van der Waals surface area contributed by atoms with Gasteiger partial charge in [0.15, 0.2) is 0 Å². The third kappa shape index (κ3) is 4.90. The van der Waals surface area contributed by atoms with Crippen LogP contribution in [0.4, 0.5) is 0 Å². The van der Waals surface area contributed by atoms with Gasteiger partial charge in [0.2, 0.25) is 0 Å². The SMILES string of the molecule is CCNC(CCN(C)C(C)CO)c1cccc(Cl)c1Cl. The first-order valence-corrected chi connectivity index (χ1v) is 7.75. The van der Waals surface area contributed by atoms with Crippen LogP contribution in [-0.4, -0.2) is 42.8 Å². The fourth-order valence-corrected chi connectivity index (χ4v) is 2.54. The number of hydrogen-bond donors (Lipinski definition) is 2. The zero-order valence-electron chi connectivity index (χ0n) is 12.4. The first kappa shape index (κ1) is 17.7. The fraction of sp³-hybridized carbons (Fsp3) is 0.600. The maximum atomic E-state index is 9.18. The number of likely N-dealkylation sites (N-methyl/N-ethyl adjacent to an activating group) is 1. The van der Waals surface area contributed by atoms with Crippen molar-refractivity contribution in [3.05, 3.63) is 33.8 Å². The van der Waals surface area contributed by atoms with Gasteiger partial charge in [-0.25, -0.2) is 0 Å². The van der Waals surface area contributed by atoms with E-state index in [1.54, 1.807) is 6.07 Å². The summed E-state index contributed by atoms with van der Waals surface area (Å²) in [5, 5.41) is 13.8. The number of aliphatic hydroxyl groups excluding tert-OH is 1. The summed E-state index contributed by atoms with van der Waals surface area (Å²) in [4.78, 5) is 2.14. The van der Waals surface area contributed by atoms with Crippen molar-refractivity contribution in [2.45, 2.75) is 32.4 Å². The molecule has 3 nitrogen and oxygen atoms in total.